The third-order valence-electron chi connectivity index (χ3n) is 0.159. The first kappa shape index (κ1) is 11.3. The Morgan fingerprint density at radius 1 is 1.57 bits per heavy atom. The van der Waals surface area contributed by atoms with Crippen LogP contribution in [-0.2, 0) is 30.8 Å². The van der Waals surface area contributed by atoms with Gasteiger partial charge < -0.3 is 22.8 Å². The van der Waals surface area contributed by atoms with Crippen molar-refractivity contribution in [1.29, 1.82) is 0 Å². The summed E-state index contributed by atoms with van der Waals surface area (Å²) >= 11 is 5.75. The number of halogens is 1. The zero-order valence-corrected chi connectivity index (χ0v) is 10.6. The van der Waals surface area contributed by atoms with E-state index in [0.717, 1.165) is 0 Å². The summed E-state index contributed by atoms with van der Waals surface area (Å²) in [5.74, 6) is 0. The molecule has 0 radical (unpaired) electrons. The second kappa shape index (κ2) is 15.6. The summed E-state index contributed by atoms with van der Waals surface area (Å²) in [6, 6.07) is 0. The summed E-state index contributed by atoms with van der Waals surface area (Å²) in [6.07, 6.45) is 3.08. The molecule has 0 amide bonds. The van der Waals surface area contributed by atoms with E-state index in [-0.39, 0.29) is 0 Å². The van der Waals surface area contributed by atoms with Gasteiger partial charge in [0.1, 0.15) is 0 Å². The monoisotopic (exact) mass is 562 g/mol. The van der Waals surface area contributed by atoms with Gasteiger partial charge in [0.25, 0.3) is 0 Å². The summed E-state index contributed by atoms with van der Waals surface area (Å²) in [7, 11) is 0. The van der Waals surface area contributed by atoms with E-state index in [0.29, 0.717) is 0 Å². The number of rotatable bonds is 1. The quantitative estimate of drug-likeness (QED) is 0.262. The molecule has 0 fully saturated rings. The van der Waals surface area contributed by atoms with E-state index < -0.39 is 0 Å². The molecule has 0 unspecified atom stereocenters. The number of hydrogen-bond acceptors (Lipinski definition) is 0. The Kier molecular flexibility index (Phi) is 25.3. The van der Waals surface area contributed by atoms with E-state index in [4.69, 9.17) is 6.58 Å². The summed E-state index contributed by atoms with van der Waals surface area (Å²) in [4.78, 5) is 0. The van der Waals surface area contributed by atoms with Gasteiger partial charge in [-0.15, -0.1) is 0 Å². The molecule has 0 aliphatic rings. The fourth-order valence-corrected chi connectivity index (χ4v) is 0.244. The van der Waals surface area contributed by atoms with Crippen LogP contribution in [0.2, 0.25) is 0 Å². The molecule has 0 saturated heterocycles. The average molecular weight is 558 g/mol. The maximum absolute atomic E-state index is 4.89. The van der Waals surface area contributed by atoms with E-state index in [1.807, 2.05) is 53.4 Å². The van der Waals surface area contributed by atoms with Crippen LogP contribution >= 0.6 is 22.6 Å². The Bertz CT molecular complexity index is 60.7. The normalized spacial score (nSPS) is 7.29. The number of hydrogen-bond donors (Lipinski definition) is 0. The predicted octanol–water partition coefficient (Wildman–Crippen LogP) is 1.72. The first-order chi connectivity index (χ1) is 3.41. The molecule has 7 heavy (non-hydrogen) atoms. The van der Waals surface area contributed by atoms with Crippen LogP contribution in [0.4, 0.5) is 0 Å². The van der Waals surface area contributed by atoms with Crippen LogP contribution in [-0.4, -0.2) is 0 Å². The molecule has 0 aliphatic carbocycles. The van der Waals surface area contributed by atoms with Gasteiger partial charge in [-0.3, -0.25) is 0 Å². The van der Waals surface area contributed by atoms with Crippen molar-refractivity contribution in [3.8, 4) is 0 Å². The second-order valence-corrected chi connectivity index (χ2v) is 1.09. The van der Waals surface area contributed by atoms with E-state index >= 15 is 0 Å². The Morgan fingerprint density at radius 3 is 2.00 bits per heavy atom. The van der Waals surface area contributed by atoms with Gasteiger partial charge in [0, 0.05) is 0 Å². The first-order valence-corrected chi connectivity index (χ1v) is 10.6. The van der Waals surface area contributed by atoms with Crippen molar-refractivity contribution >= 4 is 22.6 Å². The molecule has 44 valence electrons. The third-order valence-corrected chi connectivity index (χ3v) is 0.519. The first-order valence-electron chi connectivity index (χ1n) is 1.27. The van der Waals surface area contributed by atoms with Crippen LogP contribution in [0, 0.1) is 10.7 Å². The molecule has 0 aromatic carbocycles. The Balaban J connectivity index is 0. The Labute approximate surface area is 75.3 Å². The Morgan fingerprint density at radius 2 is 2.00 bits per heavy atom. The minimum absolute atomic E-state index is 1.44. The molecule has 0 atom stereocenters. The molecule has 0 saturated carbocycles. The van der Waals surface area contributed by atoms with Crippen LogP contribution in [0.1, 0.15) is 0 Å². The van der Waals surface area contributed by atoms with Crippen LogP contribution in [0.3, 0.4) is 0 Å². The molecule has 0 aliphatic heterocycles. The summed E-state index contributed by atoms with van der Waals surface area (Å²) in [5.41, 5.74) is 0. The van der Waals surface area contributed by atoms with Crippen LogP contribution in [0.5, 0.6) is 0 Å². The van der Waals surface area contributed by atoms with Gasteiger partial charge in [-0.25, -0.2) is 22.6 Å². The molecule has 0 aromatic rings. The molecule has 3 heteroatoms. The van der Waals surface area contributed by atoms with E-state index in [9.17, 15) is 0 Å². The fraction of sp³-hybridized carbons (Fsp3) is 0. The molecule has 0 heterocycles. The van der Waals surface area contributed by atoms with Crippen LogP contribution < -0.4 is 0 Å². The topological polar surface area (TPSA) is 0 Å². The van der Waals surface area contributed by atoms with Gasteiger partial charge in [0.15, 0.2) is 0 Å². The second-order valence-electron chi connectivity index (χ2n) is 0.468. The maximum atomic E-state index is 4.89. The van der Waals surface area contributed by atoms with Gasteiger partial charge in [-0.05, 0) is 0 Å². The van der Waals surface area contributed by atoms with Gasteiger partial charge in [-0.2, -0.15) is 0 Å². The SMILES string of the molecule is [CH-]=CC=[C-]I.[Os]=[Os]. The molecule has 0 aromatic heterocycles. The van der Waals surface area contributed by atoms with E-state index in [1.54, 1.807) is 6.08 Å². The number of allylic oxidation sites excluding steroid dienone is 2. The van der Waals surface area contributed by atoms with Crippen LogP contribution in [0.15, 0.2) is 12.2 Å². The summed E-state index contributed by atoms with van der Waals surface area (Å²) in [5, 5.41) is 0. The zero-order chi connectivity index (χ0) is 6.12. The van der Waals surface area contributed by atoms with Crippen LogP contribution in [0.25, 0.3) is 0 Å². The Hall–Kier alpha value is 1.48. The minimum atomic E-state index is 1.44. The average Bonchev–Trinajstić information content (AvgIpc) is 1.75. The standard InChI is InChI=1S/C4H3I.2Os/c1-2-3-4-5;;/h1-3H;;/q-2;;. The fourth-order valence-electron chi connectivity index (χ4n) is 0.0364. The van der Waals surface area contributed by atoms with Crippen molar-refractivity contribution in [3.63, 3.8) is 0 Å². The van der Waals surface area contributed by atoms with Crippen molar-refractivity contribution < 1.29 is 30.8 Å². The molecule has 0 bridgehead atoms. The summed E-state index contributed by atoms with van der Waals surface area (Å²) < 4.78 is 2.68. The van der Waals surface area contributed by atoms with Crippen molar-refractivity contribution in [1.82, 2.24) is 0 Å². The molecule has 0 spiro atoms. The van der Waals surface area contributed by atoms with Gasteiger partial charge in [0.05, 0.1) is 0 Å². The van der Waals surface area contributed by atoms with E-state index in [2.05, 4.69) is 4.08 Å². The van der Waals surface area contributed by atoms with Gasteiger partial charge in [-0.1, -0.05) is 0 Å². The molecular formula is C4H3IOs2-2. The van der Waals surface area contributed by atoms with Gasteiger partial charge in [0.2, 0.25) is 0 Å². The third kappa shape index (κ3) is 18.5. The zero-order valence-electron chi connectivity index (χ0n) is 3.32. The van der Waals surface area contributed by atoms with Crippen molar-refractivity contribution in [2.45, 2.75) is 0 Å². The molecule has 0 rings (SSSR count). The van der Waals surface area contributed by atoms with E-state index in [1.165, 1.54) is 6.08 Å². The summed E-state index contributed by atoms with van der Waals surface area (Å²) in [6.45, 7) is 4.89. The van der Waals surface area contributed by atoms with Crippen molar-refractivity contribution in [2.24, 2.45) is 0 Å². The molecule has 0 nitrogen and oxygen atoms in total. The van der Waals surface area contributed by atoms with Gasteiger partial charge >= 0.3 is 30.8 Å². The molecule has 0 N–H and O–H groups in total. The van der Waals surface area contributed by atoms with Crippen molar-refractivity contribution in [2.75, 3.05) is 0 Å². The molecular weight excluding hydrogens is 555 g/mol. The predicted molar refractivity (Wildman–Crippen MR) is 30.7 cm³/mol. The van der Waals surface area contributed by atoms with Crippen molar-refractivity contribution in [3.05, 3.63) is 22.8 Å².